The molecule has 2 aromatic carbocycles. The molecule has 0 unspecified atom stereocenters. The number of fused-ring (bicyclic) bond motifs is 1. The van der Waals surface area contributed by atoms with Crippen molar-refractivity contribution in [2.24, 2.45) is 0 Å². The zero-order valence-corrected chi connectivity index (χ0v) is 18.6. The molecule has 1 heterocycles. The number of aliphatic hydroxyl groups excluding tert-OH is 1. The van der Waals surface area contributed by atoms with E-state index in [-0.39, 0.29) is 35.6 Å². The molecule has 3 aromatic rings. The Hall–Kier alpha value is -2.48. The number of aromatic amines is 1. The van der Waals surface area contributed by atoms with Gasteiger partial charge in [0.05, 0.1) is 11.5 Å². The summed E-state index contributed by atoms with van der Waals surface area (Å²) < 4.78 is 27.6. The molecular weight excluding hydrogens is 400 g/mol. The maximum atomic E-state index is 13.2. The number of hydrogen-bond donors (Lipinski definition) is 2. The van der Waals surface area contributed by atoms with Crippen molar-refractivity contribution in [2.45, 2.75) is 44.6 Å². The van der Waals surface area contributed by atoms with Crippen LogP contribution in [0.15, 0.2) is 58.2 Å². The molecule has 3 rings (SSSR count). The summed E-state index contributed by atoms with van der Waals surface area (Å²) in [5.74, 6) is 0. The molecule has 0 aliphatic heterocycles. The topological polar surface area (TPSA) is 90.5 Å². The van der Waals surface area contributed by atoms with E-state index in [1.807, 2.05) is 25.1 Å². The van der Waals surface area contributed by atoms with Crippen LogP contribution in [0, 0.1) is 6.92 Å². The Balaban J connectivity index is 1.97. The van der Waals surface area contributed by atoms with E-state index in [1.165, 1.54) is 0 Å². The number of aromatic nitrogens is 1. The van der Waals surface area contributed by atoms with Crippen molar-refractivity contribution in [3.63, 3.8) is 0 Å². The monoisotopic (exact) mass is 428 g/mol. The van der Waals surface area contributed by atoms with Gasteiger partial charge in [-0.2, -0.15) is 4.31 Å². The van der Waals surface area contributed by atoms with Crippen molar-refractivity contribution in [3.8, 4) is 0 Å². The van der Waals surface area contributed by atoms with E-state index < -0.39 is 10.0 Å². The molecule has 0 fully saturated rings. The minimum Gasteiger partial charge on any atom is -0.395 e. The molecule has 0 amide bonds. The van der Waals surface area contributed by atoms with Crippen LogP contribution in [0.5, 0.6) is 0 Å². The third kappa shape index (κ3) is 4.64. The number of nitrogens with zero attached hydrogens (tertiary/aromatic N) is 1. The third-order valence-corrected chi connectivity index (χ3v) is 6.99. The number of pyridine rings is 1. The molecule has 0 bridgehead atoms. The molecule has 0 atom stereocenters. The Morgan fingerprint density at radius 3 is 2.30 bits per heavy atom. The number of H-pyrrole nitrogens is 1. The second-order valence-corrected chi connectivity index (χ2v) is 10.5. The summed E-state index contributed by atoms with van der Waals surface area (Å²) in [6.45, 7) is 7.54. The summed E-state index contributed by atoms with van der Waals surface area (Å²) in [5.41, 5.74) is 2.65. The highest BCUT2D eigenvalue weighted by Gasteiger charge is 2.26. The quantitative estimate of drug-likeness (QED) is 0.630. The SMILES string of the molecule is Cc1ccc2cc(CN(CCO)S(=O)(=O)c3ccc(C(C)(C)C)cc3)c(=O)[nH]c2c1. The number of sulfonamides is 1. The standard InChI is InChI=1S/C23H28N2O4S/c1-16-5-6-17-14-18(22(27)24-21(17)13-16)15-25(11-12-26)30(28,29)20-9-7-19(8-10-20)23(2,3)4/h5-10,13-14,26H,11-12,15H2,1-4H3,(H,24,27). The van der Waals surface area contributed by atoms with E-state index in [4.69, 9.17) is 0 Å². The molecule has 0 radical (unpaired) electrons. The van der Waals surface area contributed by atoms with Crippen LogP contribution in [-0.2, 0) is 22.0 Å². The van der Waals surface area contributed by atoms with Crippen LogP contribution in [0.1, 0.15) is 37.5 Å². The normalized spacial score (nSPS) is 12.6. The minimum atomic E-state index is -3.88. The predicted octanol–water partition coefficient (Wildman–Crippen LogP) is 3.32. The van der Waals surface area contributed by atoms with Gasteiger partial charge in [-0.05, 0) is 53.1 Å². The van der Waals surface area contributed by atoms with Gasteiger partial charge in [0.2, 0.25) is 10.0 Å². The molecular formula is C23H28N2O4S. The predicted molar refractivity (Wildman–Crippen MR) is 119 cm³/mol. The van der Waals surface area contributed by atoms with Crippen LogP contribution in [0.4, 0.5) is 0 Å². The first-order chi connectivity index (χ1) is 14.0. The molecule has 0 aliphatic carbocycles. The maximum absolute atomic E-state index is 13.2. The second kappa shape index (κ2) is 8.34. The zero-order valence-electron chi connectivity index (χ0n) is 17.8. The summed E-state index contributed by atoms with van der Waals surface area (Å²) >= 11 is 0. The molecule has 2 N–H and O–H groups in total. The van der Waals surface area contributed by atoms with E-state index in [0.717, 1.165) is 20.8 Å². The van der Waals surface area contributed by atoms with Gasteiger partial charge in [-0.1, -0.05) is 45.0 Å². The summed E-state index contributed by atoms with van der Waals surface area (Å²) in [7, 11) is -3.88. The van der Waals surface area contributed by atoms with Crippen molar-refractivity contribution in [1.29, 1.82) is 0 Å². The summed E-state index contributed by atoms with van der Waals surface area (Å²) in [6, 6.07) is 14.2. The van der Waals surface area contributed by atoms with E-state index in [1.54, 1.807) is 30.3 Å². The van der Waals surface area contributed by atoms with Crippen molar-refractivity contribution in [2.75, 3.05) is 13.2 Å². The van der Waals surface area contributed by atoms with E-state index in [9.17, 15) is 18.3 Å². The van der Waals surface area contributed by atoms with Gasteiger partial charge in [-0.3, -0.25) is 4.79 Å². The molecule has 6 nitrogen and oxygen atoms in total. The molecule has 0 saturated heterocycles. The summed E-state index contributed by atoms with van der Waals surface area (Å²) in [5, 5.41) is 10.3. The summed E-state index contributed by atoms with van der Waals surface area (Å²) in [6.07, 6.45) is 0. The lowest BCUT2D eigenvalue weighted by atomic mass is 9.87. The molecule has 0 spiro atoms. The number of benzene rings is 2. The lowest BCUT2D eigenvalue weighted by Crippen LogP contribution is -2.35. The van der Waals surface area contributed by atoms with Crippen molar-refractivity contribution in [3.05, 3.63) is 75.6 Å². The van der Waals surface area contributed by atoms with Gasteiger partial charge in [0, 0.05) is 24.2 Å². The van der Waals surface area contributed by atoms with Crippen molar-refractivity contribution < 1.29 is 13.5 Å². The summed E-state index contributed by atoms with van der Waals surface area (Å²) in [4.78, 5) is 15.5. The van der Waals surface area contributed by atoms with Crippen LogP contribution >= 0.6 is 0 Å². The van der Waals surface area contributed by atoms with Gasteiger partial charge in [0.1, 0.15) is 0 Å². The average molecular weight is 429 g/mol. The van der Waals surface area contributed by atoms with Gasteiger partial charge in [0.15, 0.2) is 0 Å². The number of hydrogen-bond acceptors (Lipinski definition) is 4. The van der Waals surface area contributed by atoms with E-state index in [2.05, 4.69) is 25.8 Å². The highest BCUT2D eigenvalue weighted by atomic mass is 32.2. The Bertz CT molecular complexity index is 1210. The van der Waals surface area contributed by atoms with Gasteiger partial charge < -0.3 is 10.1 Å². The molecule has 160 valence electrons. The Morgan fingerprint density at radius 1 is 1.03 bits per heavy atom. The fraction of sp³-hybridized carbons (Fsp3) is 0.348. The fourth-order valence-corrected chi connectivity index (χ4v) is 4.75. The van der Waals surface area contributed by atoms with Crippen LogP contribution < -0.4 is 5.56 Å². The lowest BCUT2D eigenvalue weighted by molar-refractivity contribution is 0.251. The highest BCUT2D eigenvalue weighted by molar-refractivity contribution is 7.89. The van der Waals surface area contributed by atoms with Gasteiger partial charge in [0.25, 0.3) is 5.56 Å². The molecule has 0 saturated carbocycles. The zero-order chi connectivity index (χ0) is 22.1. The Kier molecular flexibility index (Phi) is 6.17. The Labute approximate surface area is 177 Å². The number of aryl methyl sites for hydroxylation is 1. The Morgan fingerprint density at radius 2 is 1.70 bits per heavy atom. The van der Waals surface area contributed by atoms with Gasteiger partial charge in [-0.15, -0.1) is 0 Å². The first kappa shape index (κ1) is 22.2. The molecule has 0 aliphatic rings. The van der Waals surface area contributed by atoms with Crippen LogP contribution in [0.3, 0.4) is 0 Å². The second-order valence-electron chi connectivity index (χ2n) is 8.55. The van der Waals surface area contributed by atoms with E-state index in [0.29, 0.717) is 11.1 Å². The van der Waals surface area contributed by atoms with Crippen LogP contribution in [0.25, 0.3) is 10.9 Å². The van der Waals surface area contributed by atoms with Crippen molar-refractivity contribution >= 4 is 20.9 Å². The first-order valence-electron chi connectivity index (χ1n) is 9.86. The third-order valence-electron chi connectivity index (χ3n) is 5.13. The number of aliphatic hydroxyl groups is 1. The van der Waals surface area contributed by atoms with Crippen molar-refractivity contribution in [1.82, 2.24) is 9.29 Å². The largest absolute Gasteiger partial charge is 0.395 e. The molecule has 30 heavy (non-hydrogen) atoms. The van der Waals surface area contributed by atoms with Gasteiger partial charge in [-0.25, -0.2) is 8.42 Å². The van der Waals surface area contributed by atoms with Gasteiger partial charge >= 0.3 is 0 Å². The van der Waals surface area contributed by atoms with Crippen LogP contribution in [-0.4, -0.2) is 36.0 Å². The number of nitrogens with one attached hydrogen (secondary N) is 1. The lowest BCUT2D eigenvalue weighted by Gasteiger charge is -2.23. The molecule has 7 heteroatoms. The van der Waals surface area contributed by atoms with E-state index >= 15 is 0 Å². The molecule has 1 aromatic heterocycles. The first-order valence-corrected chi connectivity index (χ1v) is 11.3. The average Bonchev–Trinajstić information content (AvgIpc) is 2.67. The van der Waals surface area contributed by atoms with Crippen LogP contribution in [0.2, 0.25) is 0 Å². The maximum Gasteiger partial charge on any atom is 0.252 e. The smallest absolute Gasteiger partial charge is 0.252 e. The highest BCUT2D eigenvalue weighted by Crippen LogP contribution is 2.25. The minimum absolute atomic E-state index is 0.0934. The number of rotatable bonds is 6. The fourth-order valence-electron chi connectivity index (χ4n) is 3.34.